The van der Waals surface area contributed by atoms with Gasteiger partial charge in [-0.05, 0) is 43.2 Å². The van der Waals surface area contributed by atoms with Gasteiger partial charge < -0.3 is 10.6 Å². The van der Waals surface area contributed by atoms with Crippen molar-refractivity contribution in [1.82, 2.24) is 20.5 Å². The SMILES string of the molecule is CN=C(NCC#Cc1cccc(C(F)(F)F)c1)NC1CCN(Cc2ccccn2)CC1. The van der Waals surface area contributed by atoms with Crippen molar-refractivity contribution in [3.63, 3.8) is 0 Å². The molecule has 0 amide bonds. The highest BCUT2D eigenvalue weighted by molar-refractivity contribution is 5.80. The van der Waals surface area contributed by atoms with Gasteiger partial charge in [-0.3, -0.25) is 14.9 Å². The molecule has 5 nitrogen and oxygen atoms in total. The number of nitrogens with zero attached hydrogens (tertiary/aromatic N) is 3. The number of nitrogens with one attached hydrogen (secondary N) is 2. The first-order chi connectivity index (χ1) is 14.9. The molecule has 164 valence electrons. The summed E-state index contributed by atoms with van der Waals surface area (Å²) in [4.78, 5) is 11.0. The van der Waals surface area contributed by atoms with Gasteiger partial charge in [0.15, 0.2) is 5.96 Å². The molecule has 0 aliphatic carbocycles. The van der Waals surface area contributed by atoms with Gasteiger partial charge in [0.2, 0.25) is 0 Å². The maximum absolute atomic E-state index is 12.8. The molecule has 0 radical (unpaired) electrons. The van der Waals surface area contributed by atoms with Crippen LogP contribution >= 0.6 is 0 Å². The maximum atomic E-state index is 12.8. The van der Waals surface area contributed by atoms with Crippen LogP contribution in [0.4, 0.5) is 13.2 Å². The Labute approximate surface area is 180 Å². The number of rotatable bonds is 4. The van der Waals surface area contributed by atoms with Crippen LogP contribution < -0.4 is 10.6 Å². The quantitative estimate of drug-likeness (QED) is 0.445. The number of hydrogen-bond acceptors (Lipinski definition) is 3. The molecule has 1 saturated heterocycles. The third kappa shape index (κ3) is 7.30. The first-order valence-corrected chi connectivity index (χ1v) is 10.2. The monoisotopic (exact) mass is 429 g/mol. The van der Waals surface area contributed by atoms with E-state index in [2.05, 4.69) is 37.4 Å². The normalized spacial score (nSPS) is 15.8. The number of hydrogen-bond donors (Lipinski definition) is 2. The molecule has 0 unspecified atom stereocenters. The lowest BCUT2D eigenvalue weighted by Crippen LogP contribution is -2.48. The molecule has 1 aliphatic rings. The van der Waals surface area contributed by atoms with E-state index in [0.29, 0.717) is 17.6 Å². The first kappa shape index (κ1) is 22.6. The third-order valence-corrected chi connectivity index (χ3v) is 5.03. The van der Waals surface area contributed by atoms with E-state index in [-0.39, 0.29) is 6.54 Å². The summed E-state index contributed by atoms with van der Waals surface area (Å²) < 4.78 is 38.3. The fraction of sp³-hybridized carbons (Fsp3) is 0.391. The Morgan fingerprint density at radius 2 is 2.00 bits per heavy atom. The Bertz CT molecular complexity index is 923. The minimum absolute atomic E-state index is 0.286. The van der Waals surface area contributed by atoms with E-state index in [0.717, 1.165) is 50.3 Å². The summed E-state index contributed by atoms with van der Waals surface area (Å²) in [6.45, 7) is 3.08. The van der Waals surface area contributed by atoms with Crippen molar-refractivity contribution < 1.29 is 13.2 Å². The molecular weight excluding hydrogens is 403 g/mol. The largest absolute Gasteiger partial charge is 0.416 e. The number of aliphatic imine (C=N–C) groups is 1. The number of guanidine groups is 1. The van der Waals surface area contributed by atoms with Crippen LogP contribution in [0.25, 0.3) is 0 Å². The second-order valence-corrected chi connectivity index (χ2v) is 7.32. The van der Waals surface area contributed by atoms with Gasteiger partial charge >= 0.3 is 6.18 Å². The number of benzene rings is 1. The molecule has 0 spiro atoms. The lowest BCUT2D eigenvalue weighted by atomic mass is 10.0. The van der Waals surface area contributed by atoms with E-state index in [4.69, 9.17) is 0 Å². The van der Waals surface area contributed by atoms with Crippen LogP contribution in [0.3, 0.4) is 0 Å². The smallest absolute Gasteiger partial charge is 0.354 e. The Morgan fingerprint density at radius 3 is 2.68 bits per heavy atom. The van der Waals surface area contributed by atoms with Crippen molar-refractivity contribution in [3.05, 3.63) is 65.5 Å². The predicted octanol–water partition coefficient (Wildman–Crippen LogP) is 3.28. The van der Waals surface area contributed by atoms with Crippen LogP contribution in [-0.4, -0.2) is 48.6 Å². The average Bonchev–Trinajstić information content (AvgIpc) is 2.77. The van der Waals surface area contributed by atoms with Crippen LogP contribution in [0, 0.1) is 11.8 Å². The molecule has 1 aliphatic heterocycles. The van der Waals surface area contributed by atoms with E-state index in [1.54, 1.807) is 13.1 Å². The van der Waals surface area contributed by atoms with Gasteiger partial charge in [0.1, 0.15) is 0 Å². The molecule has 1 aromatic heterocycles. The molecule has 2 N–H and O–H groups in total. The summed E-state index contributed by atoms with van der Waals surface area (Å²) in [6.07, 6.45) is -0.572. The van der Waals surface area contributed by atoms with E-state index in [1.807, 2.05) is 24.4 Å². The first-order valence-electron chi connectivity index (χ1n) is 10.2. The van der Waals surface area contributed by atoms with Gasteiger partial charge in [0, 0.05) is 44.5 Å². The highest BCUT2D eigenvalue weighted by atomic mass is 19.4. The van der Waals surface area contributed by atoms with Gasteiger partial charge in [-0.2, -0.15) is 13.2 Å². The van der Waals surface area contributed by atoms with Gasteiger partial charge in [0.05, 0.1) is 17.8 Å². The predicted molar refractivity (Wildman–Crippen MR) is 115 cm³/mol. The van der Waals surface area contributed by atoms with Crippen LogP contribution in [-0.2, 0) is 12.7 Å². The fourth-order valence-corrected chi connectivity index (χ4v) is 3.39. The molecule has 0 bridgehead atoms. The summed E-state index contributed by atoms with van der Waals surface area (Å²) in [5.74, 6) is 6.25. The minimum atomic E-state index is -4.37. The summed E-state index contributed by atoms with van der Waals surface area (Å²) in [5, 5.41) is 6.50. The molecule has 2 heterocycles. The van der Waals surface area contributed by atoms with Crippen molar-refractivity contribution in [3.8, 4) is 11.8 Å². The highest BCUT2D eigenvalue weighted by Gasteiger charge is 2.30. The number of alkyl halides is 3. The molecule has 1 aromatic carbocycles. The molecule has 8 heteroatoms. The van der Waals surface area contributed by atoms with E-state index < -0.39 is 11.7 Å². The third-order valence-electron chi connectivity index (χ3n) is 5.03. The van der Waals surface area contributed by atoms with E-state index in [9.17, 15) is 13.2 Å². The molecule has 2 aromatic rings. The van der Waals surface area contributed by atoms with Gasteiger partial charge in [-0.15, -0.1) is 0 Å². The van der Waals surface area contributed by atoms with Gasteiger partial charge in [-0.25, -0.2) is 0 Å². The fourth-order valence-electron chi connectivity index (χ4n) is 3.39. The van der Waals surface area contributed by atoms with Crippen molar-refractivity contribution in [1.29, 1.82) is 0 Å². The summed E-state index contributed by atoms with van der Waals surface area (Å²) in [6, 6.07) is 11.3. The Balaban J connectivity index is 1.42. The molecule has 31 heavy (non-hydrogen) atoms. The Hall–Kier alpha value is -3.05. The lowest BCUT2D eigenvalue weighted by molar-refractivity contribution is -0.137. The summed E-state index contributed by atoms with van der Waals surface area (Å²) >= 11 is 0. The van der Waals surface area contributed by atoms with E-state index >= 15 is 0 Å². The molecular formula is C23H26F3N5. The number of halogens is 3. The van der Waals surface area contributed by atoms with Crippen molar-refractivity contribution in [2.45, 2.75) is 31.6 Å². The molecule has 0 atom stereocenters. The standard InChI is InChI=1S/C23H26F3N5/c1-27-22(29-13-5-7-18-6-4-8-19(16-18)23(24,25)26)30-20-10-14-31(15-11-20)17-21-9-2-3-12-28-21/h2-4,6,8-9,12,16,20H,10-11,13-15,17H2,1H3,(H2,27,29,30). The van der Waals surface area contributed by atoms with Gasteiger partial charge in [0.25, 0.3) is 0 Å². The number of aromatic nitrogens is 1. The number of likely N-dealkylation sites (tertiary alicyclic amines) is 1. The highest BCUT2D eigenvalue weighted by Crippen LogP contribution is 2.29. The zero-order chi connectivity index (χ0) is 22.1. The van der Waals surface area contributed by atoms with Crippen molar-refractivity contribution >= 4 is 5.96 Å². The summed E-state index contributed by atoms with van der Waals surface area (Å²) in [5.41, 5.74) is 0.713. The second-order valence-electron chi connectivity index (χ2n) is 7.32. The topological polar surface area (TPSA) is 52.6 Å². The average molecular weight is 429 g/mol. The number of piperidine rings is 1. The van der Waals surface area contributed by atoms with Crippen LogP contribution in [0.5, 0.6) is 0 Å². The molecule has 1 fully saturated rings. The lowest BCUT2D eigenvalue weighted by Gasteiger charge is -2.32. The summed E-state index contributed by atoms with van der Waals surface area (Å²) in [7, 11) is 1.69. The van der Waals surface area contributed by atoms with Crippen LogP contribution in [0.15, 0.2) is 53.7 Å². The van der Waals surface area contributed by atoms with Gasteiger partial charge in [-0.1, -0.05) is 24.0 Å². The van der Waals surface area contributed by atoms with Crippen molar-refractivity contribution in [2.75, 3.05) is 26.7 Å². The Kier molecular flexibility index (Phi) is 7.90. The minimum Gasteiger partial charge on any atom is -0.354 e. The second kappa shape index (κ2) is 10.8. The zero-order valence-corrected chi connectivity index (χ0v) is 17.4. The molecule has 0 saturated carbocycles. The molecule has 3 rings (SSSR count). The van der Waals surface area contributed by atoms with Crippen molar-refractivity contribution in [2.24, 2.45) is 4.99 Å². The van der Waals surface area contributed by atoms with Crippen LogP contribution in [0.1, 0.15) is 29.7 Å². The van der Waals surface area contributed by atoms with Crippen LogP contribution in [0.2, 0.25) is 0 Å². The zero-order valence-electron chi connectivity index (χ0n) is 17.4. The number of pyridine rings is 1. The van der Waals surface area contributed by atoms with E-state index in [1.165, 1.54) is 6.07 Å². The maximum Gasteiger partial charge on any atom is 0.416 e. The Morgan fingerprint density at radius 1 is 1.19 bits per heavy atom.